The molecule has 3 atom stereocenters. The molecule has 0 bridgehead atoms. The Morgan fingerprint density at radius 2 is 1.81 bits per heavy atom. The van der Waals surface area contributed by atoms with Crippen LogP contribution in [-0.4, -0.2) is 49.2 Å². The van der Waals surface area contributed by atoms with Crippen LogP contribution in [0.4, 0.5) is 0 Å². The van der Waals surface area contributed by atoms with Gasteiger partial charge in [-0.25, -0.2) is 4.21 Å². The second kappa shape index (κ2) is 7.46. The average molecular weight is 316 g/mol. The fourth-order valence-electron chi connectivity index (χ4n) is 1.71. The topological polar surface area (TPSA) is 104 Å². The summed E-state index contributed by atoms with van der Waals surface area (Å²) in [7, 11) is 0. The minimum Gasteiger partial charge on any atom is -0.352 e. The van der Waals surface area contributed by atoms with Crippen molar-refractivity contribution in [2.45, 2.75) is 38.5 Å². The zero-order chi connectivity index (χ0) is 16.2. The van der Waals surface area contributed by atoms with E-state index in [1.54, 1.807) is 6.92 Å². The molecule has 0 spiro atoms. The number of nitrogens with one attached hydrogen (secondary N) is 1. The first-order chi connectivity index (χ1) is 9.73. The van der Waals surface area contributed by atoms with Gasteiger partial charge >= 0.3 is 0 Å². The van der Waals surface area contributed by atoms with E-state index in [-0.39, 0.29) is 24.9 Å². The van der Waals surface area contributed by atoms with Crippen LogP contribution in [0.2, 0.25) is 0 Å². The van der Waals surface area contributed by atoms with Crippen LogP contribution in [0, 0.1) is 5.92 Å². The molecule has 21 heavy (non-hydrogen) atoms. The van der Waals surface area contributed by atoms with Gasteiger partial charge in [-0.2, -0.15) is 0 Å². The molecule has 7 nitrogen and oxygen atoms in total. The lowest BCUT2D eigenvalue weighted by Crippen LogP contribution is -2.45. The zero-order valence-corrected chi connectivity index (χ0v) is 13.1. The summed E-state index contributed by atoms with van der Waals surface area (Å²) in [4.78, 5) is 35.7. The molecule has 8 heteroatoms. The zero-order valence-electron chi connectivity index (χ0n) is 12.2. The van der Waals surface area contributed by atoms with Crippen molar-refractivity contribution < 1.29 is 23.1 Å². The van der Waals surface area contributed by atoms with E-state index in [4.69, 9.17) is 0 Å². The van der Waals surface area contributed by atoms with Crippen LogP contribution in [-0.2, 0) is 25.5 Å². The number of hydrogen-bond acceptors (Lipinski definition) is 4. The normalized spacial score (nSPS) is 19.0. The van der Waals surface area contributed by atoms with Crippen LogP contribution in [0.3, 0.4) is 0 Å². The minimum atomic E-state index is -2.37. The maximum absolute atomic E-state index is 12.0. The van der Waals surface area contributed by atoms with E-state index in [1.165, 1.54) is 0 Å². The van der Waals surface area contributed by atoms with Crippen molar-refractivity contribution in [2.75, 3.05) is 6.54 Å². The van der Waals surface area contributed by atoms with Gasteiger partial charge < -0.3 is 9.87 Å². The lowest BCUT2D eigenvalue weighted by Gasteiger charge is -2.22. The molecule has 1 aliphatic rings. The van der Waals surface area contributed by atoms with E-state index < -0.39 is 34.1 Å². The standard InChI is InChI=1S/C13H20N2O5S/c1-8(2)9(3)14-13(18)10(21(19)20)6-7-15-11(16)4-5-12(15)17/h4-5,8-10H,6-7H2,1-3H3,(H,14,18)(H,19,20). The third-order valence-electron chi connectivity index (χ3n) is 3.42. The molecular formula is C13H20N2O5S. The predicted molar refractivity (Wildman–Crippen MR) is 77.5 cm³/mol. The summed E-state index contributed by atoms with van der Waals surface area (Å²) in [6.45, 7) is 5.58. The Labute approximate surface area is 126 Å². The highest BCUT2D eigenvalue weighted by Gasteiger charge is 2.30. The number of rotatable bonds is 7. The Morgan fingerprint density at radius 3 is 2.24 bits per heavy atom. The maximum Gasteiger partial charge on any atom is 0.253 e. The van der Waals surface area contributed by atoms with Crippen LogP contribution in [0.5, 0.6) is 0 Å². The van der Waals surface area contributed by atoms with Crippen LogP contribution >= 0.6 is 0 Å². The van der Waals surface area contributed by atoms with E-state index in [1.807, 2.05) is 13.8 Å². The van der Waals surface area contributed by atoms with Gasteiger partial charge in [-0.05, 0) is 19.3 Å². The quantitative estimate of drug-likeness (QED) is 0.510. The molecule has 3 unspecified atom stereocenters. The van der Waals surface area contributed by atoms with Gasteiger partial charge in [0.2, 0.25) is 5.91 Å². The summed E-state index contributed by atoms with van der Waals surface area (Å²) < 4.78 is 20.6. The van der Waals surface area contributed by atoms with Crippen LogP contribution in [0.1, 0.15) is 27.2 Å². The molecule has 0 aromatic carbocycles. The lowest BCUT2D eigenvalue weighted by atomic mass is 10.1. The second-order valence-corrected chi connectivity index (χ2v) is 6.38. The first kappa shape index (κ1) is 17.5. The summed E-state index contributed by atoms with van der Waals surface area (Å²) in [5.74, 6) is -1.31. The maximum atomic E-state index is 12.0. The van der Waals surface area contributed by atoms with E-state index in [0.29, 0.717) is 0 Å². The molecule has 3 amide bonds. The van der Waals surface area contributed by atoms with E-state index in [2.05, 4.69) is 5.32 Å². The molecular weight excluding hydrogens is 296 g/mol. The highest BCUT2D eigenvalue weighted by molar-refractivity contribution is 7.80. The average Bonchev–Trinajstić information content (AvgIpc) is 2.69. The fourth-order valence-corrected chi connectivity index (χ4v) is 2.26. The summed E-state index contributed by atoms with van der Waals surface area (Å²) in [5, 5.41) is 1.49. The van der Waals surface area contributed by atoms with Gasteiger partial charge in [0.15, 0.2) is 11.1 Å². The Morgan fingerprint density at radius 1 is 1.29 bits per heavy atom. The minimum absolute atomic E-state index is 0.0566. The molecule has 0 saturated carbocycles. The number of carbonyl (C=O) groups is 3. The van der Waals surface area contributed by atoms with Gasteiger partial charge in [-0.15, -0.1) is 0 Å². The monoisotopic (exact) mass is 316 g/mol. The molecule has 0 aromatic heterocycles. The van der Waals surface area contributed by atoms with E-state index in [0.717, 1.165) is 17.1 Å². The molecule has 0 saturated heterocycles. The Balaban J connectivity index is 2.62. The van der Waals surface area contributed by atoms with Crippen molar-refractivity contribution in [1.82, 2.24) is 10.2 Å². The largest absolute Gasteiger partial charge is 0.352 e. The van der Waals surface area contributed by atoms with E-state index in [9.17, 15) is 23.1 Å². The van der Waals surface area contributed by atoms with Gasteiger partial charge in [-0.3, -0.25) is 19.3 Å². The molecule has 1 rings (SSSR count). The van der Waals surface area contributed by atoms with Crippen LogP contribution < -0.4 is 5.32 Å². The first-order valence-corrected chi connectivity index (χ1v) is 7.84. The Bertz CT molecular complexity index is 471. The second-order valence-electron chi connectivity index (χ2n) is 5.26. The fraction of sp³-hybridized carbons (Fsp3) is 0.615. The van der Waals surface area contributed by atoms with Crippen LogP contribution in [0.15, 0.2) is 12.2 Å². The third-order valence-corrected chi connectivity index (χ3v) is 4.36. The van der Waals surface area contributed by atoms with Crippen molar-refractivity contribution in [3.05, 3.63) is 12.2 Å². The Kier molecular flexibility index (Phi) is 6.22. The smallest absolute Gasteiger partial charge is 0.253 e. The number of imide groups is 1. The number of carbonyl (C=O) groups excluding carboxylic acids is 3. The molecule has 0 radical (unpaired) electrons. The summed E-state index contributed by atoms with van der Waals surface area (Å²) in [6.07, 6.45) is 2.21. The SMILES string of the molecule is CC(C)C(C)NC(=O)C(CCN1C(=O)C=CC1=O)S(=O)O. The summed E-state index contributed by atoms with van der Waals surface area (Å²) >= 11 is -2.37. The molecule has 1 heterocycles. The van der Waals surface area contributed by atoms with Gasteiger partial charge in [0, 0.05) is 24.7 Å². The predicted octanol–water partition coefficient (Wildman–Crippen LogP) is 0.0525. The third kappa shape index (κ3) is 4.75. The van der Waals surface area contributed by atoms with Gasteiger partial charge in [0.1, 0.15) is 5.25 Å². The molecule has 2 N–H and O–H groups in total. The highest BCUT2D eigenvalue weighted by Crippen LogP contribution is 2.10. The van der Waals surface area contributed by atoms with Crippen molar-refractivity contribution in [1.29, 1.82) is 0 Å². The number of amides is 3. The molecule has 0 fully saturated rings. The molecule has 0 aliphatic carbocycles. The molecule has 118 valence electrons. The molecule has 0 aromatic rings. The van der Waals surface area contributed by atoms with E-state index >= 15 is 0 Å². The van der Waals surface area contributed by atoms with Crippen LogP contribution in [0.25, 0.3) is 0 Å². The Hall–Kier alpha value is -1.54. The first-order valence-electron chi connectivity index (χ1n) is 6.67. The number of nitrogens with zero attached hydrogens (tertiary/aromatic N) is 1. The van der Waals surface area contributed by atoms with Crippen molar-refractivity contribution >= 4 is 28.8 Å². The van der Waals surface area contributed by atoms with Crippen molar-refractivity contribution in [3.63, 3.8) is 0 Å². The molecule has 1 aliphatic heterocycles. The van der Waals surface area contributed by atoms with Crippen molar-refractivity contribution in [2.24, 2.45) is 5.92 Å². The van der Waals surface area contributed by atoms with Gasteiger partial charge in [-0.1, -0.05) is 13.8 Å². The van der Waals surface area contributed by atoms with Crippen molar-refractivity contribution in [3.8, 4) is 0 Å². The summed E-state index contributed by atoms with van der Waals surface area (Å²) in [6, 6.07) is -0.139. The lowest BCUT2D eigenvalue weighted by molar-refractivity contribution is -0.137. The highest BCUT2D eigenvalue weighted by atomic mass is 32.2. The summed E-state index contributed by atoms with van der Waals surface area (Å²) in [5.41, 5.74) is 0. The van der Waals surface area contributed by atoms with Gasteiger partial charge in [0.25, 0.3) is 11.8 Å². The van der Waals surface area contributed by atoms with Gasteiger partial charge in [0.05, 0.1) is 0 Å². The number of hydrogen-bond donors (Lipinski definition) is 2.